The number of aliphatic hydroxyl groups is 2. The molecule has 0 radical (unpaired) electrons. The average molecular weight is 224 g/mol. The first-order valence-electron chi connectivity index (χ1n) is 5.55. The number of rotatable bonds is 4. The van der Waals surface area contributed by atoms with Crippen molar-refractivity contribution >= 4 is 0 Å². The summed E-state index contributed by atoms with van der Waals surface area (Å²) in [6, 6.07) is 5.66. The fraction of sp³-hybridized carbons (Fsp3) is 0.538. The quantitative estimate of drug-likeness (QED) is 0.824. The second kappa shape index (κ2) is 5.32. The lowest BCUT2D eigenvalue weighted by atomic mass is 10.1. The SMILES string of the molecule is Cc1ccc([C@H](C)O)c(OC(C)C(C)O)c1. The normalized spacial score (nSPS) is 16.6. The van der Waals surface area contributed by atoms with Gasteiger partial charge in [-0.3, -0.25) is 0 Å². The van der Waals surface area contributed by atoms with Gasteiger partial charge in [-0.1, -0.05) is 12.1 Å². The van der Waals surface area contributed by atoms with E-state index in [1.165, 1.54) is 0 Å². The van der Waals surface area contributed by atoms with Crippen LogP contribution in [0.5, 0.6) is 5.75 Å². The summed E-state index contributed by atoms with van der Waals surface area (Å²) in [6.07, 6.45) is -1.40. The monoisotopic (exact) mass is 224 g/mol. The van der Waals surface area contributed by atoms with Crippen molar-refractivity contribution in [3.05, 3.63) is 29.3 Å². The predicted octanol–water partition coefficient (Wildman–Crippen LogP) is 2.20. The molecule has 1 aromatic rings. The van der Waals surface area contributed by atoms with Crippen molar-refractivity contribution in [1.82, 2.24) is 0 Å². The van der Waals surface area contributed by atoms with Crippen LogP contribution in [0.15, 0.2) is 18.2 Å². The maximum atomic E-state index is 9.60. The molecule has 1 aromatic carbocycles. The van der Waals surface area contributed by atoms with E-state index < -0.39 is 12.2 Å². The van der Waals surface area contributed by atoms with Gasteiger partial charge in [0.05, 0.1) is 12.2 Å². The van der Waals surface area contributed by atoms with Crippen LogP contribution in [0, 0.1) is 6.92 Å². The summed E-state index contributed by atoms with van der Waals surface area (Å²) in [7, 11) is 0. The van der Waals surface area contributed by atoms with E-state index in [0.717, 1.165) is 11.1 Å². The molecule has 2 N–H and O–H groups in total. The van der Waals surface area contributed by atoms with Crippen LogP contribution in [-0.2, 0) is 0 Å². The van der Waals surface area contributed by atoms with E-state index >= 15 is 0 Å². The van der Waals surface area contributed by atoms with Crippen LogP contribution in [0.4, 0.5) is 0 Å². The Balaban J connectivity index is 2.96. The smallest absolute Gasteiger partial charge is 0.125 e. The van der Waals surface area contributed by atoms with E-state index in [9.17, 15) is 10.2 Å². The van der Waals surface area contributed by atoms with Gasteiger partial charge in [0.25, 0.3) is 0 Å². The van der Waals surface area contributed by atoms with Crippen LogP contribution >= 0.6 is 0 Å². The molecule has 2 unspecified atom stereocenters. The van der Waals surface area contributed by atoms with Crippen molar-refractivity contribution in [2.75, 3.05) is 0 Å². The van der Waals surface area contributed by atoms with E-state index in [1.807, 2.05) is 25.1 Å². The van der Waals surface area contributed by atoms with Crippen LogP contribution in [0.3, 0.4) is 0 Å². The molecule has 1 rings (SSSR count). The molecule has 0 heterocycles. The van der Waals surface area contributed by atoms with E-state index in [-0.39, 0.29) is 6.10 Å². The number of hydrogen-bond acceptors (Lipinski definition) is 3. The molecule has 0 amide bonds. The molecule has 0 aliphatic heterocycles. The molecule has 3 heteroatoms. The van der Waals surface area contributed by atoms with E-state index in [4.69, 9.17) is 4.74 Å². The third kappa shape index (κ3) is 3.22. The van der Waals surface area contributed by atoms with Gasteiger partial charge in [0, 0.05) is 5.56 Å². The molecule has 3 atom stereocenters. The third-order valence-corrected chi connectivity index (χ3v) is 2.61. The van der Waals surface area contributed by atoms with Crippen molar-refractivity contribution in [2.45, 2.75) is 46.0 Å². The lowest BCUT2D eigenvalue weighted by Gasteiger charge is -2.21. The minimum atomic E-state index is -0.572. The van der Waals surface area contributed by atoms with Crippen LogP contribution < -0.4 is 4.74 Å². The Morgan fingerprint density at radius 1 is 1.12 bits per heavy atom. The van der Waals surface area contributed by atoms with Gasteiger partial charge in [0.15, 0.2) is 0 Å². The van der Waals surface area contributed by atoms with Crippen molar-refractivity contribution < 1.29 is 14.9 Å². The molecular formula is C13H20O3. The van der Waals surface area contributed by atoms with Gasteiger partial charge in [-0.25, -0.2) is 0 Å². The number of aliphatic hydroxyl groups excluding tert-OH is 2. The van der Waals surface area contributed by atoms with Crippen molar-refractivity contribution in [3.63, 3.8) is 0 Å². The van der Waals surface area contributed by atoms with Crippen molar-refractivity contribution in [3.8, 4) is 5.75 Å². The highest BCUT2D eigenvalue weighted by Crippen LogP contribution is 2.27. The average Bonchev–Trinajstić information content (AvgIpc) is 2.16. The minimum Gasteiger partial charge on any atom is -0.488 e. The molecule has 3 nitrogen and oxygen atoms in total. The fourth-order valence-corrected chi connectivity index (χ4v) is 1.39. The second-order valence-corrected chi connectivity index (χ2v) is 4.28. The van der Waals surface area contributed by atoms with E-state index in [0.29, 0.717) is 5.75 Å². The van der Waals surface area contributed by atoms with Crippen LogP contribution in [-0.4, -0.2) is 22.4 Å². The molecular weight excluding hydrogens is 204 g/mol. The van der Waals surface area contributed by atoms with Gasteiger partial charge in [0.1, 0.15) is 11.9 Å². The van der Waals surface area contributed by atoms with Gasteiger partial charge in [-0.05, 0) is 39.3 Å². The highest BCUT2D eigenvalue weighted by molar-refractivity contribution is 5.38. The number of hydrogen-bond donors (Lipinski definition) is 2. The predicted molar refractivity (Wildman–Crippen MR) is 63.6 cm³/mol. The van der Waals surface area contributed by atoms with Gasteiger partial charge in [0.2, 0.25) is 0 Å². The van der Waals surface area contributed by atoms with Crippen LogP contribution in [0.2, 0.25) is 0 Å². The van der Waals surface area contributed by atoms with Gasteiger partial charge in [-0.2, -0.15) is 0 Å². The lowest BCUT2D eigenvalue weighted by molar-refractivity contribution is 0.0577. The second-order valence-electron chi connectivity index (χ2n) is 4.28. The zero-order valence-corrected chi connectivity index (χ0v) is 10.3. The zero-order valence-electron chi connectivity index (χ0n) is 10.3. The zero-order chi connectivity index (χ0) is 12.3. The number of aryl methyl sites for hydroxylation is 1. The summed E-state index contributed by atoms with van der Waals surface area (Å²) in [6.45, 7) is 7.15. The van der Waals surface area contributed by atoms with Crippen molar-refractivity contribution in [2.24, 2.45) is 0 Å². The molecule has 0 spiro atoms. The number of ether oxygens (including phenoxy) is 1. The Kier molecular flexibility index (Phi) is 4.33. The standard InChI is InChI=1S/C13H20O3/c1-8-5-6-12(10(3)15)13(7-8)16-11(4)9(2)14/h5-7,9-11,14-15H,1-4H3/t9?,10-,11?/m0/s1. The Morgan fingerprint density at radius 3 is 2.25 bits per heavy atom. The summed E-state index contributed by atoms with van der Waals surface area (Å²) < 4.78 is 5.64. The third-order valence-electron chi connectivity index (χ3n) is 2.61. The lowest BCUT2D eigenvalue weighted by Crippen LogP contribution is -2.26. The Morgan fingerprint density at radius 2 is 1.75 bits per heavy atom. The molecule has 0 aromatic heterocycles. The summed E-state index contributed by atoms with van der Waals surface area (Å²) in [5.41, 5.74) is 1.82. The fourth-order valence-electron chi connectivity index (χ4n) is 1.39. The summed E-state index contributed by atoms with van der Waals surface area (Å²) in [4.78, 5) is 0. The molecule has 0 aliphatic rings. The molecule has 0 saturated heterocycles. The molecule has 0 fully saturated rings. The van der Waals surface area contributed by atoms with E-state index in [2.05, 4.69) is 0 Å². The maximum Gasteiger partial charge on any atom is 0.125 e. The molecule has 0 aliphatic carbocycles. The highest BCUT2D eigenvalue weighted by atomic mass is 16.5. The van der Waals surface area contributed by atoms with Gasteiger partial charge >= 0.3 is 0 Å². The molecule has 0 saturated carbocycles. The van der Waals surface area contributed by atoms with Crippen LogP contribution in [0.1, 0.15) is 38.0 Å². The topological polar surface area (TPSA) is 49.7 Å². The Hall–Kier alpha value is -1.06. The minimum absolute atomic E-state index is 0.292. The molecule has 90 valence electrons. The summed E-state index contributed by atoms with van der Waals surface area (Å²) in [5.74, 6) is 0.642. The van der Waals surface area contributed by atoms with E-state index in [1.54, 1.807) is 20.8 Å². The largest absolute Gasteiger partial charge is 0.488 e. The first kappa shape index (κ1) is 13.0. The van der Waals surface area contributed by atoms with Gasteiger partial charge < -0.3 is 14.9 Å². The van der Waals surface area contributed by atoms with Gasteiger partial charge in [-0.15, -0.1) is 0 Å². The highest BCUT2D eigenvalue weighted by Gasteiger charge is 2.15. The van der Waals surface area contributed by atoms with Crippen LogP contribution in [0.25, 0.3) is 0 Å². The summed E-state index contributed by atoms with van der Waals surface area (Å²) >= 11 is 0. The molecule has 16 heavy (non-hydrogen) atoms. The number of benzene rings is 1. The first-order valence-corrected chi connectivity index (χ1v) is 5.55. The van der Waals surface area contributed by atoms with Crippen molar-refractivity contribution in [1.29, 1.82) is 0 Å². The Labute approximate surface area is 96.7 Å². The Bertz CT molecular complexity index is 345. The first-order chi connectivity index (χ1) is 7.41. The maximum absolute atomic E-state index is 9.60. The summed E-state index contributed by atoms with van der Waals surface area (Å²) in [5, 5.41) is 19.0. The molecule has 0 bridgehead atoms.